The topological polar surface area (TPSA) is 44.0 Å². The van der Waals surface area contributed by atoms with Gasteiger partial charge in [-0.1, -0.05) is 0 Å². The first-order valence-electron chi connectivity index (χ1n) is 5.01. The highest BCUT2D eigenvalue weighted by Crippen LogP contribution is 2.27. The van der Waals surface area contributed by atoms with Crippen molar-refractivity contribution < 1.29 is 9.59 Å². The van der Waals surface area contributed by atoms with Gasteiger partial charge in [-0.3, -0.25) is 9.59 Å². The molecule has 2 aromatic rings. The molecule has 2 aromatic heterocycles. The highest BCUT2D eigenvalue weighted by molar-refractivity contribution is 6.27. The van der Waals surface area contributed by atoms with Crippen LogP contribution in [0, 0.1) is 0 Å². The summed E-state index contributed by atoms with van der Waals surface area (Å²) in [5, 5.41) is 0. The smallest absolute Gasteiger partial charge is 0.212 e. The SMILES string of the molecule is Cn1ccc2c1C(=O)c1ccn(C)c1C2=O. The fraction of sp³-hybridized carbons (Fsp3) is 0.167. The van der Waals surface area contributed by atoms with Crippen molar-refractivity contribution in [3.05, 3.63) is 47.0 Å². The third-order valence-corrected chi connectivity index (χ3v) is 3.06. The first-order chi connectivity index (χ1) is 7.61. The molecule has 2 heterocycles. The molecule has 0 N–H and O–H groups in total. The van der Waals surface area contributed by atoms with Crippen LogP contribution in [0.3, 0.4) is 0 Å². The van der Waals surface area contributed by atoms with Gasteiger partial charge in [-0.2, -0.15) is 0 Å². The zero-order valence-electron chi connectivity index (χ0n) is 9.02. The number of carbonyl (C=O) groups excluding carboxylic acids is 2. The highest BCUT2D eigenvalue weighted by Gasteiger charge is 2.33. The Morgan fingerprint density at radius 1 is 0.812 bits per heavy atom. The molecular formula is C12H10N2O2. The van der Waals surface area contributed by atoms with Crippen LogP contribution >= 0.6 is 0 Å². The first kappa shape index (κ1) is 9.15. The molecule has 0 aliphatic heterocycles. The minimum Gasteiger partial charge on any atom is -0.347 e. The summed E-state index contributed by atoms with van der Waals surface area (Å²) in [6.45, 7) is 0. The van der Waals surface area contributed by atoms with Gasteiger partial charge in [-0.15, -0.1) is 0 Å². The van der Waals surface area contributed by atoms with Crippen LogP contribution in [0.25, 0.3) is 0 Å². The largest absolute Gasteiger partial charge is 0.347 e. The lowest BCUT2D eigenvalue weighted by Crippen LogP contribution is -2.22. The molecule has 0 saturated carbocycles. The van der Waals surface area contributed by atoms with E-state index in [9.17, 15) is 9.59 Å². The maximum atomic E-state index is 12.2. The van der Waals surface area contributed by atoms with E-state index in [1.165, 1.54) is 0 Å². The molecule has 4 nitrogen and oxygen atoms in total. The molecule has 0 fully saturated rings. The van der Waals surface area contributed by atoms with Crippen LogP contribution in [0.4, 0.5) is 0 Å². The van der Waals surface area contributed by atoms with E-state index in [0.29, 0.717) is 22.5 Å². The summed E-state index contributed by atoms with van der Waals surface area (Å²) in [7, 11) is 3.55. The number of aromatic nitrogens is 2. The summed E-state index contributed by atoms with van der Waals surface area (Å²) in [6, 6.07) is 3.40. The predicted octanol–water partition coefficient (Wildman–Crippen LogP) is 1.14. The lowest BCUT2D eigenvalue weighted by atomic mass is 9.93. The zero-order valence-corrected chi connectivity index (χ0v) is 9.02. The minimum absolute atomic E-state index is 0.0716. The quantitative estimate of drug-likeness (QED) is 0.563. The zero-order chi connectivity index (χ0) is 11.4. The van der Waals surface area contributed by atoms with Crippen molar-refractivity contribution >= 4 is 11.6 Å². The summed E-state index contributed by atoms with van der Waals surface area (Å²) >= 11 is 0. The van der Waals surface area contributed by atoms with Crippen molar-refractivity contribution in [3.63, 3.8) is 0 Å². The molecule has 3 rings (SSSR count). The third kappa shape index (κ3) is 0.888. The van der Waals surface area contributed by atoms with Gasteiger partial charge in [0.25, 0.3) is 0 Å². The van der Waals surface area contributed by atoms with E-state index in [4.69, 9.17) is 0 Å². The van der Waals surface area contributed by atoms with Crippen molar-refractivity contribution in [1.82, 2.24) is 9.13 Å². The fourth-order valence-electron chi connectivity index (χ4n) is 2.25. The first-order valence-corrected chi connectivity index (χ1v) is 5.01. The molecule has 0 saturated heterocycles. The van der Waals surface area contributed by atoms with E-state index in [-0.39, 0.29) is 11.6 Å². The summed E-state index contributed by atoms with van der Waals surface area (Å²) in [5.74, 6) is -0.143. The fourth-order valence-corrected chi connectivity index (χ4v) is 2.25. The van der Waals surface area contributed by atoms with E-state index in [0.717, 1.165) is 0 Å². The molecule has 1 aliphatic rings. The lowest BCUT2D eigenvalue weighted by molar-refractivity contribution is 0.0969. The van der Waals surface area contributed by atoms with Crippen LogP contribution in [0.2, 0.25) is 0 Å². The van der Waals surface area contributed by atoms with Crippen molar-refractivity contribution in [1.29, 1.82) is 0 Å². The molecule has 0 spiro atoms. The van der Waals surface area contributed by atoms with Crippen molar-refractivity contribution in [2.75, 3.05) is 0 Å². The molecule has 0 atom stereocenters. The number of aryl methyl sites for hydroxylation is 2. The molecule has 1 aliphatic carbocycles. The van der Waals surface area contributed by atoms with Crippen LogP contribution in [0.1, 0.15) is 32.1 Å². The van der Waals surface area contributed by atoms with Gasteiger partial charge in [-0.05, 0) is 12.1 Å². The van der Waals surface area contributed by atoms with Crippen LogP contribution in [-0.4, -0.2) is 20.7 Å². The number of carbonyl (C=O) groups is 2. The lowest BCUT2D eigenvalue weighted by Gasteiger charge is -2.13. The average molecular weight is 214 g/mol. The number of fused-ring (bicyclic) bond motifs is 2. The summed E-state index contributed by atoms with van der Waals surface area (Å²) in [6.07, 6.45) is 3.48. The van der Waals surface area contributed by atoms with Gasteiger partial charge in [0.15, 0.2) is 0 Å². The number of hydrogen-bond donors (Lipinski definition) is 0. The second kappa shape index (κ2) is 2.72. The van der Waals surface area contributed by atoms with Crippen molar-refractivity contribution in [2.45, 2.75) is 0 Å². The van der Waals surface area contributed by atoms with E-state index in [1.807, 2.05) is 0 Å². The Labute approximate surface area is 92.1 Å². The second-order valence-electron chi connectivity index (χ2n) is 4.04. The summed E-state index contributed by atoms with van der Waals surface area (Å²) < 4.78 is 3.40. The van der Waals surface area contributed by atoms with Gasteiger partial charge in [0.2, 0.25) is 11.6 Å². The molecular weight excluding hydrogens is 204 g/mol. The monoisotopic (exact) mass is 214 g/mol. The second-order valence-corrected chi connectivity index (χ2v) is 4.04. The number of rotatable bonds is 0. The van der Waals surface area contributed by atoms with Gasteiger partial charge >= 0.3 is 0 Å². The Morgan fingerprint density at radius 3 is 1.56 bits per heavy atom. The van der Waals surface area contributed by atoms with Gasteiger partial charge in [-0.25, -0.2) is 0 Å². The molecule has 0 amide bonds. The Kier molecular flexibility index (Phi) is 1.56. The van der Waals surface area contributed by atoms with Crippen LogP contribution in [0.15, 0.2) is 24.5 Å². The molecule has 80 valence electrons. The normalized spacial score (nSPS) is 13.9. The number of ketones is 2. The summed E-state index contributed by atoms with van der Waals surface area (Å²) in [4.78, 5) is 24.3. The van der Waals surface area contributed by atoms with Gasteiger partial charge in [0, 0.05) is 26.5 Å². The molecule has 0 aromatic carbocycles. The van der Waals surface area contributed by atoms with Gasteiger partial charge in [0.05, 0.1) is 11.1 Å². The Morgan fingerprint density at radius 2 is 1.19 bits per heavy atom. The van der Waals surface area contributed by atoms with E-state index in [2.05, 4.69) is 0 Å². The Balaban J connectivity index is 2.38. The van der Waals surface area contributed by atoms with Gasteiger partial charge < -0.3 is 9.13 Å². The summed E-state index contributed by atoms with van der Waals surface area (Å²) in [5.41, 5.74) is 1.98. The third-order valence-electron chi connectivity index (χ3n) is 3.06. The molecule has 0 bridgehead atoms. The predicted molar refractivity (Wildman–Crippen MR) is 57.7 cm³/mol. The van der Waals surface area contributed by atoms with E-state index in [1.54, 1.807) is 47.8 Å². The Bertz CT molecular complexity index is 575. The van der Waals surface area contributed by atoms with Gasteiger partial charge in [0.1, 0.15) is 11.4 Å². The standard InChI is InChI=1S/C12H10N2O2/c1-13-5-3-7-9(13)11(15)8-4-6-14(2)10(8)12(7)16/h3-6H,1-2H3. The molecule has 16 heavy (non-hydrogen) atoms. The minimum atomic E-state index is -0.0716. The van der Waals surface area contributed by atoms with Crippen molar-refractivity contribution in [3.8, 4) is 0 Å². The highest BCUT2D eigenvalue weighted by atomic mass is 16.1. The van der Waals surface area contributed by atoms with Crippen LogP contribution in [-0.2, 0) is 14.1 Å². The van der Waals surface area contributed by atoms with Crippen LogP contribution in [0.5, 0.6) is 0 Å². The molecule has 4 heteroatoms. The molecule has 0 radical (unpaired) electrons. The number of nitrogens with zero attached hydrogens (tertiary/aromatic N) is 2. The maximum absolute atomic E-state index is 12.2. The number of hydrogen-bond acceptors (Lipinski definition) is 2. The van der Waals surface area contributed by atoms with Crippen LogP contribution < -0.4 is 0 Å². The van der Waals surface area contributed by atoms with E-state index >= 15 is 0 Å². The maximum Gasteiger partial charge on any atom is 0.212 e. The molecule has 0 unspecified atom stereocenters. The van der Waals surface area contributed by atoms with E-state index < -0.39 is 0 Å². The Hall–Kier alpha value is -2.10. The average Bonchev–Trinajstić information content (AvgIpc) is 2.80. The van der Waals surface area contributed by atoms with Crippen molar-refractivity contribution in [2.24, 2.45) is 14.1 Å².